The van der Waals surface area contributed by atoms with Gasteiger partial charge >= 0.3 is 0 Å². The molecular weight excluding hydrogens is 476 g/mol. The van der Waals surface area contributed by atoms with Gasteiger partial charge in [0.25, 0.3) is 0 Å². The SMILES string of the molecule is CC(=O)N1CCN(c2c3c(c(C4CN4)c4nc5ccccc5n24)CCN(CCOc2ccccc2)C3)CC1. The van der Waals surface area contributed by atoms with Gasteiger partial charge in [0, 0.05) is 76.5 Å². The molecule has 8 nitrogen and oxygen atoms in total. The van der Waals surface area contributed by atoms with E-state index >= 15 is 0 Å². The van der Waals surface area contributed by atoms with E-state index in [-0.39, 0.29) is 5.91 Å². The van der Waals surface area contributed by atoms with Crippen LogP contribution in [0.2, 0.25) is 0 Å². The first kappa shape index (κ1) is 23.5. The number of ether oxygens (including phenoxy) is 1. The van der Waals surface area contributed by atoms with E-state index in [1.807, 2.05) is 35.2 Å². The van der Waals surface area contributed by atoms with Gasteiger partial charge in [-0.05, 0) is 36.2 Å². The highest BCUT2D eigenvalue weighted by molar-refractivity contribution is 5.86. The lowest BCUT2D eigenvalue weighted by molar-refractivity contribution is -0.129. The Hall–Kier alpha value is -3.62. The summed E-state index contributed by atoms with van der Waals surface area (Å²) in [6.07, 6.45) is 1.01. The van der Waals surface area contributed by atoms with Crippen LogP contribution in [0.1, 0.15) is 29.7 Å². The quantitative estimate of drug-likeness (QED) is 0.402. The molecule has 8 heteroatoms. The molecule has 196 valence electrons. The van der Waals surface area contributed by atoms with Crippen molar-refractivity contribution in [2.24, 2.45) is 0 Å². The number of carbonyl (C=O) groups excluding carboxylic acids is 1. The Kier molecular flexibility index (Phi) is 5.93. The lowest BCUT2D eigenvalue weighted by Gasteiger charge is -2.39. The minimum atomic E-state index is 0.157. The first-order valence-corrected chi connectivity index (χ1v) is 13.8. The van der Waals surface area contributed by atoms with Gasteiger partial charge in [-0.1, -0.05) is 30.3 Å². The molecule has 0 spiro atoms. The second kappa shape index (κ2) is 9.60. The number of hydrogen-bond donors (Lipinski definition) is 1. The van der Waals surface area contributed by atoms with Crippen LogP contribution in [0.15, 0.2) is 54.6 Å². The fraction of sp³-hybridized carbons (Fsp3) is 0.400. The standard InChI is InChI=1S/C30H34N6O2/c1-21(37)34-13-15-35(16-14-34)30-24-20-33(17-18-38-22-7-3-2-4-8-22)12-11-23(24)28(26-19-31-26)29-32-25-9-5-6-10-27(25)36(29)30/h2-10,26,31H,11-20H2,1H3. The molecule has 4 aromatic rings. The van der Waals surface area contributed by atoms with Crippen LogP contribution in [0.4, 0.5) is 5.82 Å². The molecule has 3 aliphatic rings. The third kappa shape index (κ3) is 4.18. The molecule has 1 N–H and O–H groups in total. The van der Waals surface area contributed by atoms with Crippen LogP contribution in [-0.4, -0.2) is 77.5 Å². The van der Waals surface area contributed by atoms with Crippen molar-refractivity contribution in [2.45, 2.75) is 25.9 Å². The smallest absolute Gasteiger partial charge is 0.219 e. The average Bonchev–Trinajstić information content (AvgIpc) is 3.72. The summed E-state index contributed by atoms with van der Waals surface area (Å²) in [6.45, 7) is 9.28. The van der Waals surface area contributed by atoms with Gasteiger partial charge in [0.15, 0.2) is 0 Å². The van der Waals surface area contributed by atoms with Crippen molar-refractivity contribution >= 4 is 28.4 Å². The molecule has 0 saturated carbocycles. The predicted octanol–water partition coefficient (Wildman–Crippen LogP) is 3.24. The number of benzene rings is 2. The summed E-state index contributed by atoms with van der Waals surface area (Å²) >= 11 is 0. The maximum atomic E-state index is 12.1. The summed E-state index contributed by atoms with van der Waals surface area (Å²) in [5, 5.41) is 3.57. The Labute approximate surface area is 222 Å². The first-order valence-electron chi connectivity index (χ1n) is 13.8. The molecule has 3 aliphatic heterocycles. The van der Waals surface area contributed by atoms with E-state index in [1.54, 1.807) is 6.92 Å². The van der Waals surface area contributed by atoms with Gasteiger partial charge < -0.3 is 19.9 Å². The summed E-state index contributed by atoms with van der Waals surface area (Å²) in [6, 6.07) is 18.9. The molecule has 0 bridgehead atoms. The number of imidazole rings is 1. The van der Waals surface area contributed by atoms with Crippen LogP contribution in [0.5, 0.6) is 5.75 Å². The summed E-state index contributed by atoms with van der Waals surface area (Å²) in [5.41, 5.74) is 7.53. The minimum absolute atomic E-state index is 0.157. The number of carbonyl (C=O) groups is 1. The molecule has 1 unspecified atom stereocenters. The number of nitrogens with zero attached hydrogens (tertiary/aromatic N) is 5. The minimum Gasteiger partial charge on any atom is -0.492 e. The van der Waals surface area contributed by atoms with Gasteiger partial charge in [0.1, 0.15) is 23.8 Å². The molecule has 2 aromatic carbocycles. The summed E-state index contributed by atoms with van der Waals surface area (Å²) in [7, 11) is 0. The fourth-order valence-electron chi connectivity index (χ4n) is 6.21. The number of rotatable bonds is 6. The molecule has 0 aliphatic carbocycles. The highest BCUT2D eigenvalue weighted by atomic mass is 16.5. The van der Waals surface area contributed by atoms with E-state index in [4.69, 9.17) is 9.72 Å². The van der Waals surface area contributed by atoms with Gasteiger partial charge in [-0.3, -0.25) is 14.1 Å². The van der Waals surface area contributed by atoms with E-state index in [0.717, 1.165) is 81.2 Å². The molecule has 7 rings (SSSR count). The van der Waals surface area contributed by atoms with Crippen LogP contribution in [0.25, 0.3) is 16.7 Å². The lowest BCUT2D eigenvalue weighted by atomic mass is 9.93. The number of hydrogen-bond acceptors (Lipinski definition) is 6. The van der Waals surface area contributed by atoms with Gasteiger partial charge in [-0.2, -0.15) is 0 Å². The Morgan fingerprint density at radius 1 is 1.00 bits per heavy atom. The van der Waals surface area contributed by atoms with Crippen LogP contribution in [-0.2, 0) is 17.8 Å². The highest BCUT2D eigenvalue weighted by Gasteiger charge is 2.36. The van der Waals surface area contributed by atoms with E-state index in [9.17, 15) is 4.79 Å². The molecule has 1 atom stereocenters. The number of amides is 1. The van der Waals surface area contributed by atoms with Gasteiger partial charge in [-0.25, -0.2) is 4.98 Å². The zero-order valence-electron chi connectivity index (χ0n) is 21.9. The Bertz CT molecular complexity index is 1490. The van der Waals surface area contributed by atoms with E-state index in [2.05, 4.69) is 43.8 Å². The Balaban J connectivity index is 1.29. The maximum Gasteiger partial charge on any atom is 0.219 e. The van der Waals surface area contributed by atoms with Crippen LogP contribution < -0.4 is 15.0 Å². The number of aromatic nitrogens is 2. The molecule has 38 heavy (non-hydrogen) atoms. The maximum absolute atomic E-state index is 12.1. The third-order valence-electron chi connectivity index (χ3n) is 8.23. The first-order chi connectivity index (χ1) is 18.7. The number of nitrogens with one attached hydrogen (secondary N) is 1. The van der Waals surface area contributed by atoms with Crippen LogP contribution in [0, 0.1) is 0 Å². The summed E-state index contributed by atoms with van der Waals surface area (Å²) < 4.78 is 8.46. The van der Waals surface area contributed by atoms with Crippen molar-refractivity contribution in [3.63, 3.8) is 0 Å². The van der Waals surface area contributed by atoms with Crippen molar-refractivity contribution in [1.82, 2.24) is 24.5 Å². The van der Waals surface area contributed by atoms with Crippen molar-refractivity contribution in [2.75, 3.05) is 57.3 Å². The molecular formula is C30H34N6O2. The van der Waals surface area contributed by atoms with Crippen molar-refractivity contribution in [3.8, 4) is 5.75 Å². The van der Waals surface area contributed by atoms with Crippen molar-refractivity contribution in [3.05, 3.63) is 71.3 Å². The number of pyridine rings is 1. The predicted molar refractivity (Wildman–Crippen MR) is 149 cm³/mol. The van der Waals surface area contributed by atoms with Crippen LogP contribution >= 0.6 is 0 Å². The van der Waals surface area contributed by atoms with Gasteiger partial charge in [-0.15, -0.1) is 0 Å². The van der Waals surface area contributed by atoms with Crippen molar-refractivity contribution < 1.29 is 9.53 Å². The Morgan fingerprint density at radius 3 is 2.53 bits per heavy atom. The van der Waals surface area contributed by atoms with E-state index in [0.29, 0.717) is 12.6 Å². The number of piperazine rings is 1. The van der Waals surface area contributed by atoms with Gasteiger partial charge in [0.2, 0.25) is 5.91 Å². The second-order valence-electron chi connectivity index (χ2n) is 10.6. The fourth-order valence-corrected chi connectivity index (χ4v) is 6.21. The Morgan fingerprint density at radius 2 is 1.76 bits per heavy atom. The molecule has 5 heterocycles. The normalized spacial score (nSPS) is 19.7. The lowest BCUT2D eigenvalue weighted by Crippen LogP contribution is -2.49. The molecule has 2 saturated heterocycles. The monoisotopic (exact) mass is 510 g/mol. The second-order valence-corrected chi connectivity index (χ2v) is 10.6. The molecule has 0 radical (unpaired) electrons. The highest BCUT2D eigenvalue weighted by Crippen LogP contribution is 2.41. The van der Waals surface area contributed by atoms with Gasteiger partial charge in [0.05, 0.1) is 11.0 Å². The molecule has 2 aromatic heterocycles. The summed E-state index contributed by atoms with van der Waals surface area (Å²) in [4.78, 5) is 24.2. The number of anilines is 1. The zero-order chi connectivity index (χ0) is 25.6. The van der Waals surface area contributed by atoms with Crippen molar-refractivity contribution in [1.29, 1.82) is 0 Å². The van der Waals surface area contributed by atoms with Crippen LogP contribution in [0.3, 0.4) is 0 Å². The summed E-state index contributed by atoms with van der Waals surface area (Å²) in [5.74, 6) is 2.33. The third-order valence-corrected chi connectivity index (χ3v) is 8.23. The molecule has 1 amide bonds. The van der Waals surface area contributed by atoms with E-state index in [1.165, 1.54) is 22.5 Å². The number of fused-ring (bicyclic) bond motifs is 4. The zero-order valence-corrected chi connectivity index (χ0v) is 21.9. The van der Waals surface area contributed by atoms with E-state index < -0.39 is 0 Å². The largest absolute Gasteiger partial charge is 0.492 e. The number of para-hydroxylation sites is 3. The molecule has 2 fully saturated rings. The average molecular weight is 511 g/mol. The topological polar surface area (TPSA) is 75.3 Å².